The second-order valence-electron chi connectivity index (χ2n) is 4.38. The summed E-state index contributed by atoms with van der Waals surface area (Å²) in [7, 11) is 0. The van der Waals surface area contributed by atoms with Gasteiger partial charge in [-0.25, -0.2) is 9.78 Å². The van der Waals surface area contributed by atoms with Gasteiger partial charge in [0.1, 0.15) is 17.9 Å². The molecule has 0 aliphatic heterocycles. The highest BCUT2D eigenvalue weighted by Crippen LogP contribution is 2.22. The van der Waals surface area contributed by atoms with E-state index in [1.165, 1.54) is 40.0 Å². The van der Waals surface area contributed by atoms with Crippen LogP contribution in [0.1, 0.15) is 16.1 Å². The maximum Gasteiger partial charge on any atom is 0.342 e. The van der Waals surface area contributed by atoms with Gasteiger partial charge in [-0.3, -0.25) is 9.20 Å². The van der Waals surface area contributed by atoms with Crippen LogP contribution in [0.15, 0.2) is 40.6 Å². The van der Waals surface area contributed by atoms with Crippen molar-refractivity contribution in [3.05, 3.63) is 62.5 Å². The highest BCUT2D eigenvalue weighted by Gasteiger charge is 2.14. The standard InChI is InChI=1S/C14H9ClN2O4S/c15-8-1-2-10(11(18)5-8)13(20)21-7-9-6-12(19)17-3-4-22-14(17)16-9/h1-6,18H,7H2. The average molecular weight is 337 g/mol. The molecule has 0 saturated carbocycles. The number of rotatable bonds is 3. The van der Waals surface area contributed by atoms with Gasteiger partial charge in [-0.1, -0.05) is 11.6 Å². The Hall–Kier alpha value is -2.38. The summed E-state index contributed by atoms with van der Waals surface area (Å²) in [6.45, 7) is -0.162. The molecule has 1 N–H and O–H groups in total. The van der Waals surface area contributed by atoms with E-state index < -0.39 is 5.97 Å². The van der Waals surface area contributed by atoms with Gasteiger partial charge in [0.05, 0.1) is 5.69 Å². The molecule has 8 heteroatoms. The van der Waals surface area contributed by atoms with Crippen molar-refractivity contribution in [3.63, 3.8) is 0 Å². The average Bonchev–Trinajstić information content (AvgIpc) is 2.93. The summed E-state index contributed by atoms with van der Waals surface area (Å²) in [5, 5.41) is 11.7. The van der Waals surface area contributed by atoms with E-state index in [2.05, 4.69) is 4.98 Å². The number of fused-ring (bicyclic) bond motifs is 1. The maximum absolute atomic E-state index is 11.9. The van der Waals surface area contributed by atoms with Crippen LogP contribution in [-0.2, 0) is 11.3 Å². The number of hydrogen-bond acceptors (Lipinski definition) is 6. The van der Waals surface area contributed by atoms with Gasteiger partial charge >= 0.3 is 5.97 Å². The molecule has 1 aromatic carbocycles. The lowest BCUT2D eigenvalue weighted by Gasteiger charge is -2.06. The van der Waals surface area contributed by atoms with E-state index in [1.54, 1.807) is 11.6 Å². The van der Waals surface area contributed by atoms with Crippen LogP contribution in [0.3, 0.4) is 0 Å². The quantitative estimate of drug-likeness (QED) is 0.743. The maximum atomic E-state index is 11.9. The highest BCUT2D eigenvalue weighted by molar-refractivity contribution is 7.15. The Morgan fingerprint density at radius 2 is 2.23 bits per heavy atom. The van der Waals surface area contributed by atoms with Gasteiger partial charge in [-0.2, -0.15) is 0 Å². The number of thiazole rings is 1. The minimum atomic E-state index is -0.720. The van der Waals surface area contributed by atoms with Crippen LogP contribution in [0, 0.1) is 0 Å². The minimum Gasteiger partial charge on any atom is -0.507 e. The Kier molecular flexibility index (Phi) is 3.82. The monoisotopic (exact) mass is 336 g/mol. The van der Waals surface area contributed by atoms with Gasteiger partial charge in [0.2, 0.25) is 0 Å². The van der Waals surface area contributed by atoms with Crippen LogP contribution < -0.4 is 5.56 Å². The van der Waals surface area contributed by atoms with Crippen molar-refractivity contribution in [2.24, 2.45) is 0 Å². The van der Waals surface area contributed by atoms with Crippen LogP contribution >= 0.6 is 22.9 Å². The van der Waals surface area contributed by atoms with E-state index in [9.17, 15) is 14.7 Å². The Bertz CT molecular complexity index is 919. The first kappa shape index (κ1) is 14.6. The highest BCUT2D eigenvalue weighted by atomic mass is 35.5. The van der Waals surface area contributed by atoms with Gasteiger partial charge in [0, 0.05) is 22.7 Å². The summed E-state index contributed by atoms with van der Waals surface area (Å²) in [6.07, 6.45) is 1.62. The summed E-state index contributed by atoms with van der Waals surface area (Å²) in [4.78, 5) is 28.5. The van der Waals surface area contributed by atoms with Gasteiger partial charge in [-0.15, -0.1) is 11.3 Å². The number of carbonyl (C=O) groups excluding carboxylic acids is 1. The second-order valence-corrected chi connectivity index (χ2v) is 5.69. The van der Waals surface area contributed by atoms with Crippen molar-refractivity contribution in [2.45, 2.75) is 6.61 Å². The molecule has 0 spiro atoms. The molecule has 0 bridgehead atoms. The molecule has 3 rings (SSSR count). The molecule has 112 valence electrons. The topological polar surface area (TPSA) is 80.9 Å². The number of carbonyl (C=O) groups is 1. The fraction of sp³-hybridized carbons (Fsp3) is 0.0714. The summed E-state index contributed by atoms with van der Waals surface area (Å²) >= 11 is 7.01. The third-order valence-corrected chi connectivity index (χ3v) is 3.88. The molecular weight excluding hydrogens is 328 g/mol. The molecule has 22 heavy (non-hydrogen) atoms. The van der Waals surface area contributed by atoms with E-state index in [0.29, 0.717) is 15.7 Å². The zero-order valence-electron chi connectivity index (χ0n) is 11.0. The lowest BCUT2D eigenvalue weighted by atomic mass is 10.2. The Morgan fingerprint density at radius 3 is 3.00 bits per heavy atom. The summed E-state index contributed by atoms with van der Waals surface area (Å²) < 4.78 is 6.47. The molecule has 0 radical (unpaired) electrons. The first-order valence-corrected chi connectivity index (χ1v) is 7.42. The number of ether oxygens (including phenoxy) is 1. The van der Waals surface area contributed by atoms with E-state index in [0.717, 1.165) is 0 Å². The molecule has 0 fully saturated rings. The van der Waals surface area contributed by atoms with Crippen molar-refractivity contribution in [3.8, 4) is 5.75 Å². The molecule has 0 saturated heterocycles. The largest absolute Gasteiger partial charge is 0.507 e. The van der Waals surface area contributed by atoms with Crippen molar-refractivity contribution in [1.29, 1.82) is 0 Å². The molecule has 0 amide bonds. The van der Waals surface area contributed by atoms with Crippen molar-refractivity contribution >= 4 is 33.9 Å². The number of halogens is 1. The van der Waals surface area contributed by atoms with Crippen molar-refractivity contribution in [2.75, 3.05) is 0 Å². The molecule has 0 atom stereocenters. The predicted molar refractivity (Wildman–Crippen MR) is 81.6 cm³/mol. The lowest BCUT2D eigenvalue weighted by molar-refractivity contribution is 0.0464. The molecule has 2 aromatic heterocycles. The third kappa shape index (κ3) is 2.81. The van der Waals surface area contributed by atoms with Crippen LogP contribution in [0.5, 0.6) is 5.75 Å². The van der Waals surface area contributed by atoms with Gasteiger partial charge in [0.25, 0.3) is 5.56 Å². The zero-order valence-corrected chi connectivity index (χ0v) is 12.6. The van der Waals surface area contributed by atoms with Crippen molar-refractivity contribution < 1.29 is 14.6 Å². The molecule has 0 aliphatic carbocycles. The number of aromatic nitrogens is 2. The van der Waals surface area contributed by atoms with Crippen LogP contribution in [0.25, 0.3) is 4.96 Å². The molecule has 2 heterocycles. The van der Waals surface area contributed by atoms with Gasteiger partial charge in [0.15, 0.2) is 4.96 Å². The molecular formula is C14H9ClN2O4S. The summed E-state index contributed by atoms with van der Waals surface area (Å²) in [5.74, 6) is -0.985. The van der Waals surface area contributed by atoms with E-state index in [1.807, 2.05) is 0 Å². The first-order chi connectivity index (χ1) is 10.5. The van der Waals surface area contributed by atoms with E-state index in [4.69, 9.17) is 16.3 Å². The third-order valence-electron chi connectivity index (χ3n) is 2.89. The van der Waals surface area contributed by atoms with E-state index in [-0.39, 0.29) is 23.5 Å². The lowest BCUT2D eigenvalue weighted by Crippen LogP contribution is -2.14. The normalized spacial score (nSPS) is 10.8. The SMILES string of the molecule is O=C(OCc1cc(=O)n2ccsc2n1)c1ccc(Cl)cc1O. The fourth-order valence-corrected chi connectivity index (χ4v) is 2.76. The molecule has 0 unspecified atom stereocenters. The van der Waals surface area contributed by atoms with Crippen molar-refractivity contribution in [1.82, 2.24) is 9.38 Å². The number of hydrogen-bond donors (Lipinski definition) is 1. The zero-order chi connectivity index (χ0) is 15.7. The number of phenols is 1. The smallest absolute Gasteiger partial charge is 0.342 e. The number of nitrogens with zero attached hydrogens (tertiary/aromatic N) is 2. The number of phenolic OH excluding ortho intramolecular Hbond substituents is 1. The molecule has 3 aromatic rings. The Balaban J connectivity index is 1.78. The minimum absolute atomic E-state index is 0.00155. The van der Waals surface area contributed by atoms with Crippen LogP contribution in [0.2, 0.25) is 5.02 Å². The van der Waals surface area contributed by atoms with Gasteiger partial charge < -0.3 is 9.84 Å². The number of benzene rings is 1. The summed E-state index contributed by atoms with van der Waals surface area (Å²) in [6, 6.07) is 5.39. The second kappa shape index (κ2) is 5.78. The number of esters is 1. The molecule has 0 aliphatic rings. The summed E-state index contributed by atoms with van der Waals surface area (Å²) in [5.41, 5.74) is 0.0965. The Labute approximate surface area is 133 Å². The van der Waals surface area contributed by atoms with Gasteiger partial charge in [-0.05, 0) is 18.2 Å². The Morgan fingerprint density at radius 1 is 1.41 bits per heavy atom. The predicted octanol–water partition coefficient (Wildman–Crippen LogP) is 2.47. The first-order valence-electron chi connectivity index (χ1n) is 6.16. The van der Waals surface area contributed by atoms with Crippen LogP contribution in [0.4, 0.5) is 0 Å². The molecule has 6 nitrogen and oxygen atoms in total. The fourth-order valence-electron chi connectivity index (χ4n) is 1.86. The van der Waals surface area contributed by atoms with Crippen LogP contribution in [-0.4, -0.2) is 20.5 Å². The number of aromatic hydroxyl groups is 1. The van der Waals surface area contributed by atoms with E-state index >= 15 is 0 Å².